The van der Waals surface area contributed by atoms with Gasteiger partial charge in [0.25, 0.3) is 5.91 Å². The van der Waals surface area contributed by atoms with Crippen molar-refractivity contribution in [2.75, 3.05) is 24.8 Å². The van der Waals surface area contributed by atoms with E-state index in [1.54, 1.807) is 42.5 Å². The van der Waals surface area contributed by atoms with E-state index in [2.05, 4.69) is 5.32 Å². The first-order valence-electron chi connectivity index (χ1n) is 10.2. The largest absolute Gasteiger partial charge is 0.493 e. The van der Waals surface area contributed by atoms with Gasteiger partial charge in [-0.3, -0.25) is 9.10 Å². The van der Waals surface area contributed by atoms with Gasteiger partial charge >= 0.3 is 0 Å². The number of halogens is 3. The molecule has 0 aliphatic carbocycles. The van der Waals surface area contributed by atoms with Gasteiger partial charge in [0.1, 0.15) is 0 Å². The minimum absolute atomic E-state index is 0.0330. The molecular weight excluding hydrogens is 535 g/mol. The number of rotatable bonds is 9. The van der Waals surface area contributed by atoms with E-state index in [9.17, 15) is 13.2 Å². The van der Waals surface area contributed by atoms with E-state index in [-0.39, 0.29) is 35.8 Å². The molecule has 0 bridgehead atoms. The molecule has 11 heteroatoms. The normalized spacial score (nSPS) is 11.1. The maximum absolute atomic E-state index is 13.3. The summed E-state index contributed by atoms with van der Waals surface area (Å²) in [6.45, 7) is 0.0630. The summed E-state index contributed by atoms with van der Waals surface area (Å²) in [5.41, 5.74) is 1.52. The number of anilines is 1. The quantitative estimate of drug-likeness (QED) is 0.372. The molecule has 0 spiro atoms. The number of benzene rings is 3. The zero-order valence-electron chi connectivity index (χ0n) is 19.1. The fraction of sp³-hybridized carbons (Fsp3) is 0.208. The highest BCUT2D eigenvalue weighted by atomic mass is 35.5. The lowest BCUT2D eigenvalue weighted by Gasteiger charge is -2.26. The summed E-state index contributed by atoms with van der Waals surface area (Å²) in [5, 5.41) is 4.17. The van der Waals surface area contributed by atoms with Gasteiger partial charge in [-0.15, -0.1) is 0 Å². The zero-order valence-corrected chi connectivity index (χ0v) is 22.2. The molecule has 0 saturated carbocycles. The molecule has 1 N–H and O–H groups in total. The molecule has 0 atom stereocenters. The van der Waals surface area contributed by atoms with Gasteiger partial charge in [0.15, 0.2) is 11.5 Å². The number of nitrogens with zero attached hydrogens (tertiary/aromatic N) is 1. The zero-order chi connectivity index (χ0) is 25.8. The highest BCUT2D eigenvalue weighted by Gasteiger charge is 2.26. The number of hydrogen-bond donors (Lipinski definition) is 1. The van der Waals surface area contributed by atoms with Gasteiger partial charge in [0.05, 0.1) is 38.3 Å². The summed E-state index contributed by atoms with van der Waals surface area (Å²) >= 11 is 18.1. The van der Waals surface area contributed by atoms with Crippen LogP contribution in [0.2, 0.25) is 15.1 Å². The standard InChI is InChI=1S/C24H23Cl3N2O5S/c1-33-22-11-19(24(30)28-13-16-6-9-18(26)10-20(16)27)21(12-23(22)34-2)29(35(3,31)32)14-15-4-7-17(25)8-5-15/h4-12H,13-14H2,1-3H3,(H,28,30). The summed E-state index contributed by atoms with van der Waals surface area (Å²) < 4.78 is 37.6. The highest BCUT2D eigenvalue weighted by molar-refractivity contribution is 7.92. The Morgan fingerprint density at radius 2 is 1.51 bits per heavy atom. The molecule has 0 fully saturated rings. The van der Waals surface area contributed by atoms with Crippen molar-refractivity contribution in [3.8, 4) is 11.5 Å². The van der Waals surface area contributed by atoms with Crippen LogP contribution in [-0.2, 0) is 23.1 Å². The van der Waals surface area contributed by atoms with Crippen LogP contribution in [0.5, 0.6) is 11.5 Å². The summed E-state index contributed by atoms with van der Waals surface area (Å²) in [6, 6.07) is 14.6. The van der Waals surface area contributed by atoms with Crippen LogP contribution in [0.4, 0.5) is 5.69 Å². The van der Waals surface area contributed by atoms with Crippen LogP contribution in [0.3, 0.4) is 0 Å². The fourth-order valence-corrected chi connectivity index (χ4v) is 4.82. The van der Waals surface area contributed by atoms with Crippen LogP contribution in [0, 0.1) is 0 Å². The Morgan fingerprint density at radius 1 is 0.914 bits per heavy atom. The molecule has 0 aliphatic heterocycles. The second-order valence-corrected chi connectivity index (χ2v) is 10.7. The number of sulfonamides is 1. The second kappa shape index (κ2) is 11.4. The van der Waals surface area contributed by atoms with Crippen molar-refractivity contribution >= 4 is 56.4 Å². The molecule has 0 saturated heterocycles. The van der Waals surface area contributed by atoms with Crippen molar-refractivity contribution < 1.29 is 22.7 Å². The average molecular weight is 558 g/mol. The van der Waals surface area contributed by atoms with Crippen molar-refractivity contribution in [3.05, 3.63) is 86.4 Å². The predicted octanol–water partition coefficient (Wildman–Crippen LogP) is 5.56. The van der Waals surface area contributed by atoms with Gasteiger partial charge in [-0.1, -0.05) is 53.0 Å². The lowest BCUT2D eigenvalue weighted by Crippen LogP contribution is -2.32. The highest BCUT2D eigenvalue weighted by Crippen LogP contribution is 2.37. The lowest BCUT2D eigenvalue weighted by atomic mass is 10.1. The molecule has 186 valence electrons. The van der Waals surface area contributed by atoms with E-state index in [0.717, 1.165) is 10.6 Å². The Labute approximate surface area is 219 Å². The Hall–Kier alpha value is -2.65. The van der Waals surface area contributed by atoms with Gasteiger partial charge in [-0.25, -0.2) is 8.42 Å². The van der Waals surface area contributed by atoms with E-state index in [1.807, 2.05) is 0 Å². The third-order valence-corrected chi connectivity index (χ3v) is 7.07. The third-order valence-electron chi connectivity index (χ3n) is 5.11. The first kappa shape index (κ1) is 26.9. The smallest absolute Gasteiger partial charge is 0.253 e. The molecule has 1 amide bonds. The topological polar surface area (TPSA) is 84.9 Å². The van der Waals surface area contributed by atoms with E-state index in [4.69, 9.17) is 44.3 Å². The average Bonchev–Trinajstić information content (AvgIpc) is 2.81. The number of hydrogen-bond acceptors (Lipinski definition) is 5. The number of methoxy groups -OCH3 is 2. The summed E-state index contributed by atoms with van der Waals surface area (Å²) in [7, 11) is -0.967. The van der Waals surface area contributed by atoms with Crippen LogP contribution < -0.4 is 19.1 Å². The van der Waals surface area contributed by atoms with Gasteiger partial charge in [-0.05, 0) is 41.5 Å². The number of ether oxygens (including phenoxy) is 2. The Balaban J connectivity index is 2.05. The summed E-state index contributed by atoms with van der Waals surface area (Å²) in [5.74, 6) is 0.00662. The fourth-order valence-electron chi connectivity index (χ4n) is 3.33. The molecule has 7 nitrogen and oxygen atoms in total. The first-order valence-corrected chi connectivity index (χ1v) is 13.2. The van der Waals surface area contributed by atoms with Crippen molar-refractivity contribution in [1.82, 2.24) is 5.32 Å². The van der Waals surface area contributed by atoms with Crippen molar-refractivity contribution in [1.29, 1.82) is 0 Å². The Morgan fingerprint density at radius 3 is 2.09 bits per heavy atom. The molecule has 3 aromatic rings. The maximum Gasteiger partial charge on any atom is 0.253 e. The number of nitrogens with one attached hydrogen (secondary N) is 1. The number of amides is 1. The third kappa shape index (κ3) is 6.73. The summed E-state index contributed by atoms with van der Waals surface area (Å²) in [4.78, 5) is 13.3. The van der Waals surface area contributed by atoms with Crippen LogP contribution in [0.15, 0.2) is 54.6 Å². The van der Waals surface area contributed by atoms with E-state index in [0.29, 0.717) is 26.2 Å². The molecule has 0 aliphatic rings. The second-order valence-electron chi connectivity index (χ2n) is 7.54. The monoisotopic (exact) mass is 556 g/mol. The van der Waals surface area contributed by atoms with E-state index >= 15 is 0 Å². The molecule has 3 rings (SSSR count). The van der Waals surface area contributed by atoms with Crippen molar-refractivity contribution in [2.24, 2.45) is 0 Å². The molecular formula is C24H23Cl3N2O5S. The Kier molecular flexibility index (Phi) is 8.77. The van der Waals surface area contributed by atoms with Gasteiger partial charge in [0, 0.05) is 27.7 Å². The minimum Gasteiger partial charge on any atom is -0.493 e. The number of carbonyl (C=O) groups excluding carboxylic acids is 1. The first-order chi connectivity index (χ1) is 16.5. The lowest BCUT2D eigenvalue weighted by molar-refractivity contribution is 0.0951. The summed E-state index contributed by atoms with van der Waals surface area (Å²) in [6.07, 6.45) is 1.06. The van der Waals surface area contributed by atoms with Crippen LogP contribution in [0.1, 0.15) is 21.5 Å². The predicted molar refractivity (Wildman–Crippen MR) is 140 cm³/mol. The van der Waals surface area contributed by atoms with Crippen LogP contribution >= 0.6 is 34.8 Å². The van der Waals surface area contributed by atoms with Gasteiger partial charge in [-0.2, -0.15) is 0 Å². The van der Waals surface area contributed by atoms with E-state index < -0.39 is 15.9 Å². The number of carbonyl (C=O) groups is 1. The minimum atomic E-state index is -3.82. The molecule has 3 aromatic carbocycles. The van der Waals surface area contributed by atoms with Gasteiger partial charge in [0.2, 0.25) is 10.0 Å². The maximum atomic E-state index is 13.3. The molecule has 0 heterocycles. The Bertz CT molecular complexity index is 1330. The SMILES string of the molecule is COc1cc(C(=O)NCc2ccc(Cl)cc2Cl)c(N(Cc2ccc(Cl)cc2)S(C)(=O)=O)cc1OC. The molecule has 0 aromatic heterocycles. The van der Waals surface area contributed by atoms with Gasteiger partial charge < -0.3 is 14.8 Å². The van der Waals surface area contributed by atoms with E-state index in [1.165, 1.54) is 26.4 Å². The van der Waals surface area contributed by atoms with Crippen molar-refractivity contribution in [3.63, 3.8) is 0 Å². The van der Waals surface area contributed by atoms with Crippen molar-refractivity contribution in [2.45, 2.75) is 13.1 Å². The molecule has 35 heavy (non-hydrogen) atoms. The molecule has 0 radical (unpaired) electrons. The molecule has 0 unspecified atom stereocenters. The van der Waals surface area contributed by atoms with Crippen LogP contribution in [-0.4, -0.2) is 34.8 Å². The van der Waals surface area contributed by atoms with Crippen LogP contribution in [0.25, 0.3) is 0 Å².